The van der Waals surface area contributed by atoms with Crippen molar-refractivity contribution in [1.82, 2.24) is 24.4 Å². The molecule has 0 unspecified atom stereocenters. The summed E-state index contributed by atoms with van der Waals surface area (Å²) >= 11 is 0. The Morgan fingerprint density at radius 3 is 3.00 bits per heavy atom. The van der Waals surface area contributed by atoms with Crippen molar-refractivity contribution in [1.29, 1.82) is 0 Å². The Kier molecular flexibility index (Phi) is 2.98. The molecule has 0 radical (unpaired) electrons. The number of nitrogens with zero attached hydrogens (tertiary/aromatic N) is 4. The molecule has 2 aromatic heterocycles. The van der Waals surface area contributed by atoms with Crippen LogP contribution in [0, 0.1) is 0 Å². The molecule has 6 heteroatoms. The lowest BCUT2D eigenvalue weighted by Gasteiger charge is -2.16. The van der Waals surface area contributed by atoms with Gasteiger partial charge in [-0.1, -0.05) is 0 Å². The summed E-state index contributed by atoms with van der Waals surface area (Å²) in [6.45, 7) is 0.476. The van der Waals surface area contributed by atoms with Crippen LogP contribution in [0.2, 0.25) is 0 Å². The molecule has 0 aliphatic carbocycles. The van der Waals surface area contributed by atoms with Crippen molar-refractivity contribution in [2.24, 2.45) is 7.05 Å². The van der Waals surface area contributed by atoms with E-state index in [4.69, 9.17) is 0 Å². The maximum Gasteiger partial charge on any atom is 0.254 e. The van der Waals surface area contributed by atoms with E-state index in [2.05, 4.69) is 15.0 Å². The van der Waals surface area contributed by atoms with Crippen molar-refractivity contribution in [3.63, 3.8) is 0 Å². The molecule has 0 spiro atoms. The minimum absolute atomic E-state index is 0.0375. The predicted molar refractivity (Wildman–Crippen MR) is 75.1 cm³/mol. The number of carbonyl (C=O) groups is 1. The quantitative estimate of drug-likeness (QED) is 0.784. The number of rotatable bonds is 3. The van der Waals surface area contributed by atoms with E-state index < -0.39 is 0 Å². The van der Waals surface area contributed by atoms with Crippen molar-refractivity contribution in [3.8, 4) is 0 Å². The second-order valence-electron chi connectivity index (χ2n) is 4.75. The number of hydrogen-bond acceptors (Lipinski definition) is 3. The van der Waals surface area contributed by atoms with Crippen molar-refractivity contribution >= 4 is 16.9 Å². The lowest BCUT2D eigenvalue weighted by Crippen LogP contribution is -2.27. The third-order valence-corrected chi connectivity index (χ3v) is 3.31. The van der Waals surface area contributed by atoms with Crippen LogP contribution < -0.4 is 0 Å². The Labute approximate surface area is 116 Å². The predicted octanol–water partition coefficient (Wildman–Crippen LogP) is 1.57. The van der Waals surface area contributed by atoms with Gasteiger partial charge in [-0.25, -0.2) is 9.97 Å². The number of H-pyrrole nitrogens is 1. The fourth-order valence-corrected chi connectivity index (χ4v) is 2.12. The zero-order valence-corrected chi connectivity index (χ0v) is 11.4. The van der Waals surface area contributed by atoms with Crippen LogP contribution >= 0.6 is 0 Å². The Morgan fingerprint density at radius 2 is 2.25 bits per heavy atom. The van der Waals surface area contributed by atoms with Gasteiger partial charge in [0.2, 0.25) is 0 Å². The van der Waals surface area contributed by atoms with Crippen LogP contribution in [-0.4, -0.2) is 37.4 Å². The Bertz CT molecular complexity index is 758. The number of hydrogen-bond donors (Lipinski definition) is 1. The van der Waals surface area contributed by atoms with Crippen LogP contribution in [0.5, 0.6) is 0 Å². The molecule has 6 nitrogen and oxygen atoms in total. The van der Waals surface area contributed by atoms with Crippen LogP contribution in [0.4, 0.5) is 0 Å². The number of aryl methyl sites for hydroxylation is 1. The summed E-state index contributed by atoms with van der Waals surface area (Å²) in [4.78, 5) is 25.4. The first-order chi connectivity index (χ1) is 9.65. The Morgan fingerprint density at radius 1 is 1.40 bits per heavy atom. The van der Waals surface area contributed by atoms with Gasteiger partial charge in [0.05, 0.1) is 23.9 Å². The first-order valence-corrected chi connectivity index (χ1v) is 6.30. The number of benzene rings is 1. The van der Waals surface area contributed by atoms with Crippen molar-refractivity contribution < 1.29 is 4.79 Å². The molecule has 0 bridgehead atoms. The van der Waals surface area contributed by atoms with E-state index in [-0.39, 0.29) is 5.91 Å². The topological polar surface area (TPSA) is 66.8 Å². The SMILES string of the molecule is CN(Cc1nccn1C)C(=O)c1ccc2nc[nH]c2c1. The first-order valence-electron chi connectivity index (χ1n) is 6.30. The second kappa shape index (κ2) is 4.80. The molecular weight excluding hydrogens is 254 g/mol. The molecule has 0 aliphatic heterocycles. The molecule has 2 heterocycles. The van der Waals surface area contributed by atoms with Crippen LogP contribution in [0.1, 0.15) is 16.2 Å². The standard InChI is InChI=1S/C14H15N5O/c1-18-6-5-15-13(18)8-19(2)14(20)10-3-4-11-12(7-10)17-9-16-11/h3-7,9H,8H2,1-2H3,(H,16,17). The van der Waals surface area contributed by atoms with E-state index in [9.17, 15) is 4.79 Å². The van der Waals surface area contributed by atoms with Gasteiger partial charge in [0, 0.05) is 32.1 Å². The lowest BCUT2D eigenvalue weighted by molar-refractivity contribution is 0.0780. The second-order valence-corrected chi connectivity index (χ2v) is 4.75. The number of nitrogens with one attached hydrogen (secondary N) is 1. The van der Waals surface area contributed by atoms with E-state index in [0.29, 0.717) is 12.1 Å². The highest BCUT2D eigenvalue weighted by Gasteiger charge is 2.14. The van der Waals surface area contributed by atoms with E-state index in [1.54, 1.807) is 30.5 Å². The molecule has 102 valence electrons. The number of aromatic amines is 1. The first kappa shape index (κ1) is 12.4. The highest BCUT2D eigenvalue weighted by Crippen LogP contribution is 2.14. The van der Waals surface area contributed by atoms with Gasteiger partial charge in [-0.15, -0.1) is 0 Å². The van der Waals surface area contributed by atoms with Crippen LogP contribution in [-0.2, 0) is 13.6 Å². The Balaban J connectivity index is 1.82. The summed E-state index contributed by atoms with van der Waals surface area (Å²) in [5, 5.41) is 0. The maximum absolute atomic E-state index is 12.4. The number of aromatic nitrogens is 4. The summed E-state index contributed by atoms with van der Waals surface area (Å²) in [6, 6.07) is 5.45. The van der Waals surface area contributed by atoms with Gasteiger partial charge in [0.15, 0.2) is 0 Å². The molecule has 0 saturated heterocycles. The number of imidazole rings is 2. The van der Waals surface area contributed by atoms with Gasteiger partial charge in [-0.05, 0) is 18.2 Å². The average molecular weight is 269 g/mol. The van der Waals surface area contributed by atoms with Crippen molar-refractivity contribution in [3.05, 3.63) is 48.3 Å². The number of amides is 1. The van der Waals surface area contributed by atoms with E-state index in [1.165, 1.54) is 0 Å². The summed E-state index contributed by atoms with van der Waals surface area (Å²) < 4.78 is 1.90. The van der Waals surface area contributed by atoms with Crippen molar-refractivity contribution in [2.75, 3.05) is 7.05 Å². The summed E-state index contributed by atoms with van der Waals surface area (Å²) in [5.41, 5.74) is 2.35. The summed E-state index contributed by atoms with van der Waals surface area (Å²) in [5.74, 6) is 0.813. The fraction of sp³-hybridized carbons (Fsp3) is 0.214. The zero-order valence-electron chi connectivity index (χ0n) is 11.4. The number of fused-ring (bicyclic) bond motifs is 1. The van der Waals surface area contributed by atoms with E-state index in [1.807, 2.05) is 29.9 Å². The minimum Gasteiger partial charge on any atom is -0.345 e. The summed E-state index contributed by atoms with van der Waals surface area (Å²) in [7, 11) is 3.69. The molecule has 3 aromatic rings. The molecule has 3 rings (SSSR count). The molecule has 0 fully saturated rings. The van der Waals surface area contributed by atoms with Gasteiger partial charge >= 0.3 is 0 Å². The van der Waals surface area contributed by atoms with Crippen molar-refractivity contribution in [2.45, 2.75) is 6.54 Å². The molecule has 0 saturated carbocycles. The molecule has 0 atom stereocenters. The van der Waals surface area contributed by atoms with Crippen LogP contribution in [0.15, 0.2) is 36.9 Å². The van der Waals surface area contributed by atoms with Crippen LogP contribution in [0.3, 0.4) is 0 Å². The zero-order chi connectivity index (χ0) is 14.1. The highest BCUT2D eigenvalue weighted by molar-refractivity contribution is 5.97. The van der Waals surface area contributed by atoms with Gasteiger partial charge in [-0.3, -0.25) is 4.79 Å². The maximum atomic E-state index is 12.4. The van der Waals surface area contributed by atoms with Gasteiger partial charge in [-0.2, -0.15) is 0 Å². The Hall–Kier alpha value is -2.63. The third kappa shape index (κ3) is 2.16. The molecule has 0 aliphatic rings. The monoisotopic (exact) mass is 269 g/mol. The molecule has 1 N–H and O–H groups in total. The van der Waals surface area contributed by atoms with Crippen LogP contribution in [0.25, 0.3) is 11.0 Å². The average Bonchev–Trinajstić information content (AvgIpc) is 3.06. The minimum atomic E-state index is -0.0375. The normalized spacial score (nSPS) is 10.9. The number of carbonyl (C=O) groups excluding carboxylic acids is 1. The lowest BCUT2D eigenvalue weighted by atomic mass is 10.2. The largest absolute Gasteiger partial charge is 0.345 e. The molecule has 1 amide bonds. The van der Waals surface area contributed by atoms with E-state index in [0.717, 1.165) is 16.9 Å². The van der Waals surface area contributed by atoms with Gasteiger partial charge in [0.25, 0.3) is 5.91 Å². The third-order valence-electron chi connectivity index (χ3n) is 3.31. The molecular formula is C14H15N5O. The van der Waals surface area contributed by atoms with Gasteiger partial charge in [0.1, 0.15) is 5.82 Å². The summed E-state index contributed by atoms with van der Waals surface area (Å²) in [6.07, 6.45) is 5.21. The molecule has 20 heavy (non-hydrogen) atoms. The highest BCUT2D eigenvalue weighted by atomic mass is 16.2. The van der Waals surface area contributed by atoms with Gasteiger partial charge < -0.3 is 14.5 Å². The smallest absolute Gasteiger partial charge is 0.254 e. The molecule has 1 aromatic carbocycles. The van der Waals surface area contributed by atoms with E-state index >= 15 is 0 Å². The fourth-order valence-electron chi connectivity index (χ4n) is 2.12.